The molecule has 1 heterocycles. The maximum atomic E-state index is 10.7. The van der Waals surface area contributed by atoms with Crippen LogP contribution in [0.25, 0.3) is 0 Å². The number of rotatable bonds is 4. The van der Waals surface area contributed by atoms with Crippen LogP contribution in [0, 0.1) is 16.2 Å². The van der Waals surface area contributed by atoms with Crippen molar-refractivity contribution >= 4 is 0 Å². The predicted octanol–water partition coefficient (Wildman–Crippen LogP) is 1.71. The highest BCUT2D eigenvalue weighted by molar-refractivity contribution is 4.97. The quantitative estimate of drug-likeness (QED) is 0.523. The van der Waals surface area contributed by atoms with Gasteiger partial charge in [0.05, 0.1) is 17.4 Å². The molecule has 0 amide bonds. The van der Waals surface area contributed by atoms with Crippen molar-refractivity contribution in [1.82, 2.24) is 9.91 Å². The minimum absolute atomic E-state index is 0.0667. The molecule has 1 aliphatic heterocycles. The fourth-order valence-electron chi connectivity index (χ4n) is 2.12. The zero-order valence-electron chi connectivity index (χ0n) is 9.55. The second-order valence-electron chi connectivity index (χ2n) is 4.21. The molecule has 0 spiro atoms. The van der Waals surface area contributed by atoms with E-state index in [0.717, 1.165) is 19.4 Å². The Balaban J connectivity index is 2.70. The lowest BCUT2D eigenvalue weighted by Crippen LogP contribution is -2.48. The van der Waals surface area contributed by atoms with Crippen LogP contribution in [0.5, 0.6) is 0 Å². The van der Waals surface area contributed by atoms with Crippen LogP contribution in [0.4, 0.5) is 0 Å². The Morgan fingerprint density at radius 3 is 2.67 bits per heavy atom. The molecule has 5 heteroatoms. The largest absolute Gasteiger partial charge is 0.266 e. The van der Waals surface area contributed by atoms with Gasteiger partial charge in [-0.15, -0.1) is 4.91 Å². The summed E-state index contributed by atoms with van der Waals surface area (Å²) in [6, 6.07) is 2.27. The molecule has 0 aromatic carbocycles. The maximum Gasteiger partial charge on any atom is 0.101 e. The number of hydrogen-bond acceptors (Lipinski definition) is 4. The molecule has 0 bridgehead atoms. The topological polar surface area (TPSA) is 59.7 Å². The van der Waals surface area contributed by atoms with E-state index in [9.17, 15) is 4.91 Å². The Bertz CT molecular complexity index is 261. The van der Waals surface area contributed by atoms with E-state index in [4.69, 9.17) is 5.26 Å². The summed E-state index contributed by atoms with van der Waals surface area (Å²) in [6.45, 7) is 6.65. The molecule has 84 valence electrons. The van der Waals surface area contributed by atoms with Gasteiger partial charge in [-0.1, -0.05) is 0 Å². The van der Waals surface area contributed by atoms with Gasteiger partial charge < -0.3 is 0 Å². The Labute approximate surface area is 90.6 Å². The normalized spacial score (nSPS) is 23.8. The van der Waals surface area contributed by atoms with Crippen LogP contribution in [-0.4, -0.2) is 34.7 Å². The molecule has 0 aliphatic carbocycles. The number of hydrogen-bond donors (Lipinski definition) is 0. The summed E-state index contributed by atoms with van der Waals surface area (Å²) in [5.74, 6) is 0. The first-order valence-electron chi connectivity index (χ1n) is 5.38. The van der Waals surface area contributed by atoms with E-state index in [1.165, 1.54) is 5.01 Å². The summed E-state index contributed by atoms with van der Waals surface area (Å²) in [5, 5.41) is 13.5. The van der Waals surface area contributed by atoms with Crippen LogP contribution in [0.2, 0.25) is 0 Å². The molecule has 1 aliphatic rings. The van der Waals surface area contributed by atoms with Crippen molar-refractivity contribution in [2.45, 2.75) is 51.9 Å². The van der Waals surface area contributed by atoms with E-state index in [-0.39, 0.29) is 18.2 Å². The first-order valence-corrected chi connectivity index (χ1v) is 5.38. The average molecular weight is 210 g/mol. The van der Waals surface area contributed by atoms with E-state index < -0.39 is 0 Å². The van der Waals surface area contributed by atoms with Gasteiger partial charge in [-0.25, -0.2) is 5.01 Å². The van der Waals surface area contributed by atoms with Crippen LogP contribution >= 0.6 is 0 Å². The van der Waals surface area contributed by atoms with E-state index in [0.29, 0.717) is 0 Å². The molecule has 0 N–H and O–H groups in total. The van der Waals surface area contributed by atoms with Crippen LogP contribution in [0.1, 0.15) is 33.6 Å². The van der Waals surface area contributed by atoms with Gasteiger partial charge in [0.2, 0.25) is 0 Å². The third-order valence-electron chi connectivity index (χ3n) is 2.93. The molecule has 1 saturated heterocycles. The summed E-state index contributed by atoms with van der Waals surface area (Å²) in [6.07, 6.45) is 1.83. The highest BCUT2D eigenvalue weighted by Crippen LogP contribution is 2.22. The van der Waals surface area contributed by atoms with Crippen molar-refractivity contribution in [3.63, 3.8) is 0 Å². The van der Waals surface area contributed by atoms with Crippen LogP contribution in [0.3, 0.4) is 0 Å². The second-order valence-corrected chi connectivity index (χ2v) is 4.21. The summed E-state index contributed by atoms with van der Waals surface area (Å²) in [7, 11) is 0. The molecular weight excluding hydrogens is 192 g/mol. The standard InChI is InChI=1S/C10H18N4O/c1-8(2)14(12-15)9(3)13-6-4-5-10(13)7-11/h8-10H,4-6H2,1-3H3. The summed E-state index contributed by atoms with van der Waals surface area (Å²) >= 11 is 0. The number of nitrogens with zero attached hydrogens (tertiary/aromatic N) is 4. The van der Waals surface area contributed by atoms with Gasteiger partial charge in [-0.2, -0.15) is 5.26 Å². The summed E-state index contributed by atoms with van der Waals surface area (Å²) in [4.78, 5) is 12.7. The average Bonchev–Trinajstić information content (AvgIpc) is 2.65. The third-order valence-corrected chi connectivity index (χ3v) is 2.93. The summed E-state index contributed by atoms with van der Waals surface area (Å²) in [5.41, 5.74) is 0. The highest BCUT2D eigenvalue weighted by atomic mass is 16.3. The molecule has 2 atom stereocenters. The van der Waals surface area contributed by atoms with Gasteiger partial charge in [0.15, 0.2) is 0 Å². The lowest BCUT2D eigenvalue weighted by atomic mass is 10.2. The van der Waals surface area contributed by atoms with Gasteiger partial charge in [0.1, 0.15) is 6.17 Å². The van der Waals surface area contributed by atoms with Crippen molar-refractivity contribution in [3.8, 4) is 6.07 Å². The van der Waals surface area contributed by atoms with E-state index in [1.807, 2.05) is 25.7 Å². The van der Waals surface area contributed by atoms with E-state index in [2.05, 4.69) is 11.4 Å². The maximum absolute atomic E-state index is 10.7. The monoisotopic (exact) mass is 210 g/mol. The molecule has 0 aromatic rings. The van der Waals surface area contributed by atoms with Gasteiger partial charge in [-0.3, -0.25) is 4.90 Å². The lowest BCUT2D eigenvalue weighted by molar-refractivity contribution is 0.0362. The third kappa shape index (κ3) is 2.45. The smallest absolute Gasteiger partial charge is 0.101 e. The molecule has 2 unspecified atom stereocenters. The van der Waals surface area contributed by atoms with Gasteiger partial charge in [0, 0.05) is 12.6 Å². The first-order chi connectivity index (χ1) is 7.11. The van der Waals surface area contributed by atoms with E-state index >= 15 is 0 Å². The van der Waals surface area contributed by atoms with Crippen molar-refractivity contribution in [1.29, 1.82) is 5.26 Å². The molecular formula is C10H18N4O. The molecule has 0 saturated carbocycles. The van der Waals surface area contributed by atoms with Crippen LogP contribution in [-0.2, 0) is 0 Å². The Kier molecular flexibility index (Phi) is 4.04. The zero-order valence-corrected chi connectivity index (χ0v) is 9.55. The Hall–Kier alpha value is -1.15. The predicted molar refractivity (Wildman–Crippen MR) is 57.6 cm³/mol. The van der Waals surface area contributed by atoms with Crippen molar-refractivity contribution in [2.75, 3.05) is 6.54 Å². The van der Waals surface area contributed by atoms with Crippen molar-refractivity contribution in [3.05, 3.63) is 4.91 Å². The first kappa shape index (κ1) is 11.9. The second kappa shape index (κ2) is 5.08. The SMILES string of the molecule is CC(C)N(N=O)C(C)N1CCCC1C#N. The van der Waals surface area contributed by atoms with Crippen LogP contribution in [0.15, 0.2) is 5.29 Å². The fourth-order valence-corrected chi connectivity index (χ4v) is 2.12. The number of nitroso groups, excluding NO2 is 1. The van der Waals surface area contributed by atoms with Gasteiger partial charge in [-0.05, 0) is 33.6 Å². The molecule has 0 aromatic heterocycles. The molecule has 5 nitrogen and oxygen atoms in total. The number of nitriles is 1. The van der Waals surface area contributed by atoms with Gasteiger partial charge >= 0.3 is 0 Å². The fraction of sp³-hybridized carbons (Fsp3) is 0.900. The Morgan fingerprint density at radius 1 is 1.53 bits per heavy atom. The van der Waals surface area contributed by atoms with E-state index in [1.54, 1.807) is 0 Å². The Morgan fingerprint density at radius 2 is 2.20 bits per heavy atom. The number of likely N-dealkylation sites (tertiary alicyclic amines) is 1. The minimum Gasteiger partial charge on any atom is -0.266 e. The lowest BCUT2D eigenvalue weighted by Gasteiger charge is -2.34. The van der Waals surface area contributed by atoms with Crippen molar-refractivity contribution < 1.29 is 0 Å². The molecule has 15 heavy (non-hydrogen) atoms. The molecule has 1 rings (SSSR count). The van der Waals surface area contributed by atoms with Crippen molar-refractivity contribution in [2.24, 2.45) is 5.29 Å². The molecule has 1 fully saturated rings. The van der Waals surface area contributed by atoms with Gasteiger partial charge in [0.25, 0.3) is 0 Å². The minimum atomic E-state index is -0.0883. The highest BCUT2D eigenvalue weighted by Gasteiger charge is 2.32. The summed E-state index contributed by atoms with van der Waals surface area (Å²) < 4.78 is 0. The molecule has 0 radical (unpaired) electrons. The van der Waals surface area contributed by atoms with Crippen LogP contribution < -0.4 is 0 Å². The zero-order chi connectivity index (χ0) is 11.4.